The Kier molecular flexibility index (Phi) is 8.08. The van der Waals surface area contributed by atoms with Gasteiger partial charge in [-0.2, -0.15) is 0 Å². The smallest absolute Gasteiger partial charge is 0.323 e. The second kappa shape index (κ2) is 9.55. The molecule has 0 saturated carbocycles. The number of hydrogen-bond acceptors (Lipinski definition) is 2. The molecule has 0 aliphatic rings. The van der Waals surface area contributed by atoms with E-state index >= 15 is 0 Å². The van der Waals surface area contributed by atoms with Gasteiger partial charge in [-0.25, -0.2) is 4.79 Å². The lowest BCUT2D eigenvalue weighted by Crippen LogP contribution is -3.00. The van der Waals surface area contributed by atoms with Gasteiger partial charge in [0, 0.05) is 34.6 Å². The fraction of sp³-hybridized carbons (Fsp3) is 0.278. The summed E-state index contributed by atoms with van der Waals surface area (Å²) in [4.78, 5) is 14.4. The van der Waals surface area contributed by atoms with Crippen LogP contribution in [0, 0.1) is 6.92 Å². The minimum absolute atomic E-state index is 0. The van der Waals surface area contributed by atoms with E-state index in [2.05, 4.69) is 51.4 Å². The summed E-state index contributed by atoms with van der Waals surface area (Å²) in [6.07, 6.45) is 0. The van der Waals surface area contributed by atoms with Crippen LogP contribution in [0.4, 0.5) is 21.9 Å². The van der Waals surface area contributed by atoms with Crippen LogP contribution in [0.25, 0.3) is 0 Å². The SMILES string of the molecule is CCN(CC)c1ccc(NC(=O)Nc2cccc(Br)c2)c(C)c1.[Cl-]. The minimum Gasteiger partial charge on any atom is -1.00 e. The summed E-state index contributed by atoms with van der Waals surface area (Å²) >= 11 is 3.39. The highest BCUT2D eigenvalue weighted by Gasteiger charge is 2.08. The number of hydrogen-bond donors (Lipinski definition) is 2. The Labute approximate surface area is 158 Å². The average Bonchev–Trinajstić information content (AvgIpc) is 2.51. The number of benzene rings is 2. The monoisotopic (exact) mass is 410 g/mol. The fourth-order valence-electron chi connectivity index (χ4n) is 2.42. The number of anilines is 3. The van der Waals surface area contributed by atoms with Crippen LogP contribution in [-0.4, -0.2) is 19.1 Å². The van der Waals surface area contributed by atoms with Gasteiger partial charge in [0.15, 0.2) is 0 Å². The summed E-state index contributed by atoms with van der Waals surface area (Å²) in [5.41, 5.74) is 3.77. The van der Waals surface area contributed by atoms with Gasteiger partial charge in [0.05, 0.1) is 0 Å². The van der Waals surface area contributed by atoms with Crippen molar-refractivity contribution in [2.75, 3.05) is 28.6 Å². The third-order valence-corrected chi connectivity index (χ3v) is 4.16. The number of nitrogens with zero attached hydrogens (tertiary/aromatic N) is 1. The lowest BCUT2D eigenvalue weighted by molar-refractivity contribution is -0.00000758. The Hall–Kier alpha value is -1.72. The van der Waals surface area contributed by atoms with Crippen molar-refractivity contribution in [2.45, 2.75) is 20.8 Å². The summed E-state index contributed by atoms with van der Waals surface area (Å²) in [6, 6.07) is 13.3. The summed E-state index contributed by atoms with van der Waals surface area (Å²) < 4.78 is 0.926. The zero-order chi connectivity index (χ0) is 16.8. The number of rotatable bonds is 5. The van der Waals surface area contributed by atoms with Crippen molar-refractivity contribution >= 4 is 39.0 Å². The molecule has 2 aromatic carbocycles. The highest BCUT2D eigenvalue weighted by Crippen LogP contribution is 2.23. The van der Waals surface area contributed by atoms with Crippen molar-refractivity contribution in [3.05, 3.63) is 52.5 Å². The third kappa shape index (κ3) is 5.42. The van der Waals surface area contributed by atoms with Gasteiger partial charge in [0.25, 0.3) is 0 Å². The molecule has 24 heavy (non-hydrogen) atoms. The molecule has 2 aromatic rings. The minimum atomic E-state index is -0.248. The Bertz CT molecular complexity index is 690. The number of carbonyl (C=O) groups is 1. The quantitative estimate of drug-likeness (QED) is 0.792. The van der Waals surface area contributed by atoms with Crippen molar-refractivity contribution in [3.63, 3.8) is 0 Å². The van der Waals surface area contributed by atoms with Gasteiger partial charge in [0.1, 0.15) is 0 Å². The van der Waals surface area contributed by atoms with E-state index < -0.39 is 0 Å². The van der Waals surface area contributed by atoms with Gasteiger partial charge < -0.3 is 27.9 Å². The molecule has 0 aliphatic carbocycles. The first-order chi connectivity index (χ1) is 11.0. The first-order valence-corrected chi connectivity index (χ1v) is 8.52. The Morgan fingerprint density at radius 2 is 1.79 bits per heavy atom. The van der Waals surface area contributed by atoms with E-state index in [-0.39, 0.29) is 18.4 Å². The number of nitrogens with one attached hydrogen (secondary N) is 2. The number of amides is 2. The predicted molar refractivity (Wildman–Crippen MR) is 102 cm³/mol. The summed E-state index contributed by atoms with van der Waals surface area (Å²) in [6.45, 7) is 8.20. The van der Waals surface area contributed by atoms with Crippen LogP contribution in [-0.2, 0) is 0 Å². The number of halogens is 2. The average molecular weight is 412 g/mol. The topological polar surface area (TPSA) is 44.4 Å². The van der Waals surface area contributed by atoms with Gasteiger partial charge in [-0.3, -0.25) is 0 Å². The maximum atomic E-state index is 12.1. The van der Waals surface area contributed by atoms with E-state index in [0.717, 1.165) is 34.5 Å². The second-order valence-corrected chi connectivity index (χ2v) is 6.18. The van der Waals surface area contributed by atoms with Crippen LogP contribution in [0.3, 0.4) is 0 Å². The lowest BCUT2D eigenvalue weighted by Gasteiger charge is -2.22. The number of aryl methyl sites for hydroxylation is 1. The maximum absolute atomic E-state index is 12.1. The molecule has 0 aliphatic heterocycles. The van der Waals surface area contributed by atoms with Crippen LogP contribution in [0.15, 0.2) is 46.9 Å². The molecule has 0 radical (unpaired) electrons. The maximum Gasteiger partial charge on any atom is 0.323 e. The van der Waals surface area contributed by atoms with Gasteiger partial charge >= 0.3 is 6.03 Å². The van der Waals surface area contributed by atoms with Crippen molar-refractivity contribution in [3.8, 4) is 0 Å². The molecule has 0 aromatic heterocycles. The molecule has 2 N–H and O–H groups in total. The first-order valence-electron chi connectivity index (χ1n) is 7.72. The van der Waals surface area contributed by atoms with Gasteiger partial charge in [0.2, 0.25) is 0 Å². The van der Waals surface area contributed by atoms with E-state index in [0.29, 0.717) is 0 Å². The molecule has 6 heteroatoms. The summed E-state index contributed by atoms with van der Waals surface area (Å²) in [5, 5.41) is 5.72. The van der Waals surface area contributed by atoms with Crippen LogP contribution in [0.2, 0.25) is 0 Å². The Morgan fingerprint density at radius 1 is 1.08 bits per heavy atom. The van der Waals surface area contributed by atoms with E-state index in [4.69, 9.17) is 0 Å². The molecule has 0 heterocycles. The Balaban J connectivity index is 0.00000288. The molecule has 2 amide bonds. The molecular weight excluding hydrogens is 390 g/mol. The molecule has 0 spiro atoms. The van der Waals surface area contributed by atoms with Gasteiger partial charge in [-0.1, -0.05) is 22.0 Å². The van der Waals surface area contributed by atoms with E-state index in [1.54, 1.807) is 0 Å². The zero-order valence-electron chi connectivity index (χ0n) is 14.1. The van der Waals surface area contributed by atoms with E-state index in [1.165, 1.54) is 5.69 Å². The molecule has 2 rings (SSSR count). The van der Waals surface area contributed by atoms with Crippen LogP contribution in [0.1, 0.15) is 19.4 Å². The van der Waals surface area contributed by atoms with Crippen molar-refractivity contribution in [1.82, 2.24) is 0 Å². The normalized spacial score (nSPS) is 9.83. The molecular formula is C18H22BrClN3O-. The number of carbonyl (C=O) groups excluding carboxylic acids is 1. The number of urea groups is 1. The third-order valence-electron chi connectivity index (χ3n) is 3.67. The van der Waals surface area contributed by atoms with Gasteiger partial charge in [-0.15, -0.1) is 0 Å². The molecule has 0 bridgehead atoms. The largest absolute Gasteiger partial charge is 1.00 e. The predicted octanol–water partition coefficient (Wildman–Crippen LogP) is 2.25. The summed E-state index contributed by atoms with van der Waals surface area (Å²) in [5.74, 6) is 0. The second-order valence-electron chi connectivity index (χ2n) is 5.26. The van der Waals surface area contributed by atoms with Crippen LogP contribution >= 0.6 is 15.9 Å². The van der Waals surface area contributed by atoms with Crippen molar-refractivity contribution < 1.29 is 17.2 Å². The highest BCUT2D eigenvalue weighted by molar-refractivity contribution is 9.10. The molecule has 130 valence electrons. The molecule has 0 atom stereocenters. The van der Waals surface area contributed by atoms with Crippen molar-refractivity contribution in [1.29, 1.82) is 0 Å². The molecule has 0 unspecified atom stereocenters. The van der Waals surface area contributed by atoms with Crippen LogP contribution in [0.5, 0.6) is 0 Å². The van der Waals surface area contributed by atoms with E-state index in [9.17, 15) is 4.79 Å². The standard InChI is InChI=1S/C18H22BrN3O.ClH/c1-4-22(5-2)16-9-10-17(13(3)11-16)21-18(23)20-15-8-6-7-14(19)12-15;/h6-12H,4-5H2,1-3H3,(H2,20,21,23);1H/p-1. The fourth-order valence-corrected chi connectivity index (χ4v) is 2.82. The summed E-state index contributed by atoms with van der Waals surface area (Å²) in [7, 11) is 0. The van der Waals surface area contributed by atoms with Crippen molar-refractivity contribution in [2.24, 2.45) is 0 Å². The Morgan fingerprint density at radius 3 is 2.38 bits per heavy atom. The zero-order valence-corrected chi connectivity index (χ0v) is 16.4. The van der Waals surface area contributed by atoms with Crippen LogP contribution < -0.4 is 27.9 Å². The first kappa shape index (κ1) is 20.3. The lowest BCUT2D eigenvalue weighted by atomic mass is 10.1. The molecule has 0 fully saturated rings. The molecule has 0 saturated heterocycles. The molecule has 4 nitrogen and oxygen atoms in total. The van der Waals surface area contributed by atoms with E-state index in [1.807, 2.05) is 43.3 Å². The van der Waals surface area contributed by atoms with Gasteiger partial charge in [-0.05, 0) is 62.7 Å². The highest BCUT2D eigenvalue weighted by atomic mass is 79.9.